The van der Waals surface area contributed by atoms with Crippen LogP contribution in [0.2, 0.25) is 0 Å². The van der Waals surface area contributed by atoms with E-state index >= 15 is 0 Å². The predicted octanol–water partition coefficient (Wildman–Crippen LogP) is 10.7. The Morgan fingerprint density at radius 3 is 1.96 bits per heavy atom. The molecular formula is C46H29N5O. The highest BCUT2D eigenvalue weighted by atomic mass is 16.3. The maximum atomic E-state index is 9.90. The lowest BCUT2D eigenvalue weighted by atomic mass is 10.00. The maximum absolute atomic E-state index is 9.90. The van der Waals surface area contributed by atoms with Gasteiger partial charge in [0.2, 0.25) is 0 Å². The molecule has 2 aromatic heterocycles. The molecular weight excluding hydrogens is 639 g/mol. The summed E-state index contributed by atoms with van der Waals surface area (Å²) in [5.74, 6) is 1.55. The van der Waals surface area contributed by atoms with Crippen molar-refractivity contribution in [2.45, 2.75) is 6.17 Å². The van der Waals surface area contributed by atoms with Crippen LogP contribution >= 0.6 is 0 Å². The number of nitriles is 1. The zero-order valence-electron chi connectivity index (χ0n) is 27.9. The number of aliphatic imine (C=N–C) groups is 2. The molecule has 0 fully saturated rings. The molecule has 0 unspecified atom stereocenters. The second-order valence-electron chi connectivity index (χ2n) is 13.0. The number of para-hydroxylation sites is 2. The summed E-state index contributed by atoms with van der Waals surface area (Å²) in [4.78, 5) is 10.2. The van der Waals surface area contributed by atoms with Crippen LogP contribution in [0, 0.1) is 11.3 Å². The van der Waals surface area contributed by atoms with Gasteiger partial charge in [-0.2, -0.15) is 5.26 Å². The first kappa shape index (κ1) is 29.7. The number of fused-ring (bicyclic) bond motifs is 6. The standard InChI is InChI=1S/C46H29N5O/c47-28-29-21-23-40-38(25-29)39-27-32(35-18-10-19-37-36-17-7-8-20-42(36)52-43(35)37)22-24-41(39)51(40)34-16-9-15-33(26-34)46-49-44(30-11-3-1-4-12-30)48-45(50-46)31-13-5-2-6-14-31/h1-27,46H,(H,48,49,50). The smallest absolute Gasteiger partial charge is 0.169 e. The summed E-state index contributed by atoms with van der Waals surface area (Å²) in [7, 11) is 0. The molecule has 10 rings (SSSR count). The predicted molar refractivity (Wildman–Crippen MR) is 210 cm³/mol. The van der Waals surface area contributed by atoms with Crippen LogP contribution in [0.3, 0.4) is 0 Å². The van der Waals surface area contributed by atoms with Gasteiger partial charge in [0.1, 0.15) is 22.8 Å². The average molecular weight is 668 g/mol. The maximum Gasteiger partial charge on any atom is 0.169 e. The van der Waals surface area contributed by atoms with E-state index in [0.29, 0.717) is 5.56 Å². The highest BCUT2D eigenvalue weighted by Gasteiger charge is 2.22. The molecule has 6 nitrogen and oxygen atoms in total. The first-order valence-corrected chi connectivity index (χ1v) is 17.2. The van der Waals surface area contributed by atoms with Crippen molar-refractivity contribution < 1.29 is 4.42 Å². The van der Waals surface area contributed by atoms with Crippen LogP contribution in [0.15, 0.2) is 178 Å². The first-order valence-electron chi connectivity index (χ1n) is 17.2. The van der Waals surface area contributed by atoms with Crippen molar-refractivity contribution >= 4 is 55.4 Å². The lowest BCUT2D eigenvalue weighted by Gasteiger charge is -2.22. The van der Waals surface area contributed by atoms with Gasteiger partial charge in [-0.1, -0.05) is 115 Å². The Labute approximate surface area is 299 Å². The van der Waals surface area contributed by atoms with Gasteiger partial charge in [-0.25, -0.2) is 9.98 Å². The third kappa shape index (κ3) is 4.87. The summed E-state index contributed by atoms with van der Waals surface area (Å²) in [5.41, 5.74) is 10.4. The number of benzene rings is 7. The van der Waals surface area contributed by atoms with E-state index < -0.39 is 6.17 Å². The number of hydrogen-bond acceptors (Lipinski definition) is 5. The van der Waals surface area contributed by atoms with Crippen molar-refractivity contribution in [1.82, 2.24) is 9.88 Å². The molecule has 0 radical (unpaired) electrons. The van der Waals surface area contributed by atoms with E-state index in [9.17, 15) is 5.26 Å². The van der Waals surface area contributed by atoms with Gasteiger partial charge in [-0.3, -0.25) is 0 Å². The summed E-state index contributed by atoms with van der Waals surface area (Å²) in [6.45, 7) is 0. The molecule has 9 aromatic rings. The number of amidine groups is 2. The van der Waals surface area contributed by atoms with E-state index in [1.165, 1.54) is 0 Å². The van der Waals surface area contributed by atoms with Crippen LogP contribution in [0.1, 0.15) is 28.4 Å². The molecule has 0 amide bonds. The second kappa shape index (κ2) is 12.0. The van der Waals surface area contributed by atoms with Crippen LogP contribution in [-0.2, 0) is 0 Å². The van der Waals surface area contributed by atoms with Crippen LogP contribution in [0.4, 0.5) is 0 Å². The summed E-state index contributed by atoms with van der Waals surface area (Å²) >= 11 is 0. The molecule has 1 aliphatic heterocycles. The third-order valence-corrected chi connectivity index (χ3v) is 9.87. The van der Waals surface area contributed by atoms with Crippen molar-refractivity contribution in [2.75, 3.05) is 0 Å². The summed E-state index contributed by atoms with van der Waals surface area (Å²) in [6.07, 6.45) is -0.458. The molecule has 244 valence electrons. The Morgan fingerprint density at radius 2 is 1.21 bits per heavy atom. The van der Waals surface area contributed by atoms with Gasteiger partial charge >= 0.3 is 0 Å². The van der Waals surface area contributed by atoms with E-state index in [2.05, 4.69) is 107 Å². The fourth-order valence-corrected chi connectivity index (χ4v) is 7.42. The number of hydrogen-bond donors (Lipinski definition) is 1. The fraction of sp³-hybridized carbons (Fsp3) is 0.0217. The Balaban J connectivity index is 1.14. The van der Waals surface area contributed by atoms with Crippen LogP contribution in [0.5, 0.6) is 0 Å². The minimum atomic E-state index is -0.458. The van der Waals surface area contributed by atoms with E-state index in [-0.39, 0.29) is 0 Å². The summed E-state index contributed by atoms with van der Waals surface area (Å²) in [6, 6.07) is 58.1. The van der Waals surface area contributed by atoms with Crippen molar-refractivity contribution in [3.05, 3.63) is 186 Å². The molecule has 0 saturated carbocycles. The van der Waals surface area contributed by atoms with Crippen molar-refractivity contribution in [3.8, 4) is 22.9 Å². The van der Waals surface area contributed by atoms with Crippen LogP contribution < -0.4 is 5.32 Å². The minimum absolute atomic E-state index is 0.458. The van der Waals surface area contributed by atoms with Crippen molar-refractivity contribution in [2.24, 2.45) is 9.98 Å². The van der Waals surface area contributed by atoms with E-state index in [1.807, 2.05) is 72.8 Å². The molecule has 0 saturated heterocycles. The van der Waals surface area contributed by atoms with Gasteiger partial charge in [0.25, 0.3) is 0 Å². The fourth-order valence-electron chi connectivity index (χ4n) is 7.42. The highest BCUT2D eigenvalue weighted by molar-refractivity contribution is 6.16. The Bertz CT molecular complexity index is 2890. The quantitative estimate of drug-likeness (QED) is 0.198. The molecule has 0 aliphatic carbocycles. The summed E-state index contributed by atoms with van der Waals surface area (Å²) < 4.78 is 8.69. The highest BCUT2D eigenvalue weighted by Crippen LogP contribution is 2.40. The van der Waals surface area contributed by atoms with Gasteiger partial charge in [-0.05, 0) is 54.1 Å². The van der Waals surface area contributed by atoms with Gasteiger partial charge in [0, 0.05) is 49.5 Å². The topological polar surface area (TPSA) is 78.6 Å². The van der Waals surface area contributed by atoms with E-state index in [1.54, 1.807) is 0 Å². The second-order valence-corrected chi connectivity index (χ2v) is 13.0. The normalized spacial score (nSPS) is 13.3. The largest absolute Gasteiger partial charge is 0.455 e. The monoisotopic (exact) mass is 667 g/mol. The average Bonchev–Trinajstić information content (AvgIpc) is 3.76. The molecule has 7 aromatic carbocycles. The zero-order chi connectivity index (χ0) is 34.6. The minimum Gasteiger partial charge on any atom is -0.455 e. The Kier molecular flexibility index (Phi) is 6.83. The lowest BCUT2D eigenvalue weighted by Crippen LogP contribution is -2.36. The molecule has 1 aliphatic rings. The van der Waals surface area contributed by atoms with Crippen LogP contribution in [0.25, 0.3) is 60.6 Å². The Morgan fingerprint density at radius 1 is 0.558 bits per heavy atom. The molecule has 3 heterocycles. The van der Waals surface area contributed by atoms with Gasteiger partial charge in [0.05, 0.1) is 22.7 Å². The van der Waals surface area contributed by atoms with Gasteiger partial charge < -0.3 is 14.3 Å². The molecule has 1 N–H and O–H groups in total. The third-order valence-electron chi connectivity index (χ3n) is 9.87. The lowest BCUT2D eigenvalue weighted by molar-refractivity contribution is 0.670. The van der Waals surface area contributed by atoms with Crippen molar-refractivity contribution in [1.29, 1.82) is 5.26 Å². The van der Waals surface area contributed by atoms with E-state index in [0.717, 1.165) is 88.9 Å². The zero-order valence-corrected chi connectivity index (χ0v) is 27.9. The molecule has 0 atom stereocenters. The molecule has 0 spiro atoms. The first-order chi connectivity index (χ1) is 25.7. The van der Waals surface area contributed by atoms with Gasteiger partial charge in [0.15, 0.2) is 6.17 Å². The number of nitrogens with one attached hydrogen (secondary N) is 1. The number of rotatable bonds is 5. The van der Waals surface area contributed by atoms with E-state index in [4.69, 9.17) is 14.4 Å². The number of nitrogens with zero attached hydrogens (tertiary/aromatic N) is 4. The number of furan rings is 1. The summed E-state index contributed by atoms with van der Waals surface area (Å²) in [5, 5.41) is 17.6. The molecule has 0 bridgehead atoms. The van der Waals surface area contributed by atoms with Gasteiger partial charge in [-0.15, -0.1) is 0 Å². The number of aromatic nitrogens is 1. The van der Waals surface area contributed by atoms with Crippen LogP contribution in [-0.4, -0.2) is 16.2 Å². The molecule has 6 heteroatoms. The molecule has 52 heavy (non-hydrogen) atoms. The SMILES string of the molecule is N#Cc1ccc2c(c1)c1cc(-c3cccc4c3oc3ccccc34)ccc1n2-c1cccc(C2N=C(c3ccccc3)NC(c3ccccc3)=N2)c1. The Hall–Kier alpha value is -7.23. The van der Waals surface area contributed by atoms with Crippen molar-refractivity contribution in [3.63, 3.8) is 0 Å².